The lowest BCUT2D eigenvalue weighted by Crippen LogP contribution is -2.39. The Bertz CT molecular complexity index is 531. The molecule has 1 saturated heterocycles. The smallest absolute Gasteiger partial charge is 0.212 e. The van der Waals surface area contributed by atoms with Gasteiger partial charge in [-0.1, -0.05) is 0 Å². The Morgan fingerprint density at radius 2 is 2.18 bits per heavy atom. The molecule has 6 heteroatoms. The Labute approximate surface area is 101 Å². The van der Waals surface area contributed by atoms with Crippen LogP contribution in [0.25, 0.3) is 0 Å². The number of nitrogens with one attached hydrogen (secondary N) is 1. The fraction of sp³-hybridized carbons (Fsp3) is 0.727. The third-order valence-corrected chi connectivity index (χ3v) is 5.00. The van der Waals surface area contributed by atoms with E-state index in [1.807, 2.05) is 6.92 Å². The van der Waals surface area contributed by atoms with E-state index >= 15 is 0 Å². The fourth-order valence-electron chi connectivity index (χ4n) is 2.26. The van der Waals surface area contributed by atoms with Gasteiger partial charge in [0.15, 0.2) is 9.84 Å². The SMILES string of the molecule is Cc1oc(C2CS(=O)(=O)CCN2)nc1C1CC1. The van der Waals surface area contributed by atoms with Crippen LogP contribution in [0, 0.1) is 6.92 Å². The minimum absolute atomic E-state index is 0.0943. The van der Waals surface area contributed by atoms with Gasteiger partial charge in [0.1, 0.15) is 5.76 Å². The summed E-state index contributed by atoms with van der Waals surface area (Å²) in [5.41, 5.74) is 1.02. The van der Waals surface area contributed by atoms with Gasteiger partial charge in [0, 0.05) is 12.5 Å². The number of rotatable bonds is 2. The minimum atomic E-state index is -2.95. The van der Waals surface area contributed by atoms with Crippen LogP contribution >= 0.6 is 0 Å². The van der Waals surface area contributed by atoms with Crippen molar-refractivity contribution >= 4 is 9.84 Å². The van der Waals surface area contributed by atoms with E-state index in [0.717, 1.165) is 11.5 Å². The summed E-state index contributed by atoms with van der Waals surface area (Å²) in [6, 6.07) is -0.278. The number of sulfone groups is 1. The average molecular weight is 256 g/mol. The van der Waals surface area contributed by atoms with Crippen LogP contribution < -0.4 is 5.32 Å². The first-order chi connectivity index (χ1) is 8.05. The largest absolute Gasteiger partial charge is 0.444 e. The summed E-state index contributed by atoms with van der Waals surface area (Å²) in [5.74, 6) is 2.21. The molecule has 1 aromatic heterocycles. The number of aryl methyl sites for hydroxylation is 1. The Morgan fingerprint density at radius 3 is 2.82 bits per heavy atom. The van der Waals surface area contributed by atoms with Crippen molar-refractivity contribution < 1.29 is 12.8 Å². The average Bonchev–Trinajstić information content (AvgIpc) is 3.01. The van der Waals surface area contributed by atoms with Crippen LogP contribution in [-0.4, -0.2) is 31.5 Å². The topological polar surface area (TPSA) is 72.2 Å². The van der Waals surface area contributed by atoms with Gasteiger partial charge in [0.25, 0.3) is 0 Å². The highest BCUT2D eigenvalue weighted by molar-refractivity contribution is 7.91. The highest BCUT2D eigenvalue weighted by Crippen LogP contribution is 2.41. The zero-order valence-electron chi connectivity index (χ0n) is 9.77. The van der Waals surface area contributed by atoms with Crippen molar-refractivity contribution in [2.75, 3.05) is 18.1 Å². The molecular weight excluding hydrogens is 240 g/mol. The Kier molecular flexibility index (Phi) is 2.52. The quantitative estimate of drug-likeness (QED) is 0.852. The molecule has 0 aromatic carbocycles. The first-order valence-corrected chi connectivity index (χ1v) is 7.78. The molecular formula is C11H16N2O3S. The molecule has 1 atom stereocenters. The molecule has 5 nitrogen and oxygen atoms in total. The van der Waals surface area contributed by atoms with E-state index in [9.17, 15) is 8.42 Å². The maximum Gasteiger partial charge on any atom is 0.212 e. The summed E-state index contributed by atoms with van der Waals surface area (Å²) in [4.78, 5) is 4.47. The van der Waals surface area contributed by atoms with Crippen LogP contribution in [0.5, 0.6) is 0 Å². The maximum atomic E-state index is 11.6. The third-order valence-electron chi connectivity index (χ3n) is 3.34. The third kappa shape index (κ3) is 2.24. The van der Waals surface area contributed by atoms with Gasteiger partial charge in [0.05, 0.1) is 23.2 Å². The minimum Gasteiger partial charge on any atom is -0.444 e. The van der Waals surface area contributed by atoms with Crippen molar-refractivity contribution in [3.05, 3.63) is 17.3 Å². The highest BCUT2D eigenvalue weighted by Gasteiger charge is 2.33. The molecule has 1 unspecified atom stereocenters. The van der Waals surface area contributed by atoms with E-state index in [4.69, 9.17) is 4.42 Å². The Hall–Kier alpha value is -0.880. The van der Waals surface area contributed by atoms with Crippen molar-refractivity contribution in [2.45, 2.75) is 31.7 Å². The highest BCUT2D eigenvalue weighted by atomic mass is 32.2. The van der Waals surface area contributed by atoms with E-state index < -0.39 is 9.84 Å². The zero-order valence-corrected chi connectivity index (χ0v) is 10.6. The van der Waals surface area contributed by atoms with Gasteiger partial charge >= 0.3 is 0 Å². The number of nitrogens with zero attached hydrogens (tertiary/aromatic N) is 1. The molecule has 0 radical (unpaired) electrons. The van der Waals surface area contributed by atoms with Gasteiger partial charge in [-0.2, -0.15) is 0 Å². The van der Waals surface area contributed by atoms with Crippen molar-refractivity contribution in [3.8, 4) is 0 Å². The lowest BCUT2D eigenvalue weighted by Gasteiger charge is -2.20. The lowest BCUT2D eigenvalue weighted by molar-refractivity contribution is 0.400. The van der Waals surface area contributed by atoms with Crippen LogP contribution in [0.2, 0.25) is 0 Å². The van der Waals surface area contributed by atoms with Crippen LogP contribution in [0.4, 0.5) is 0 Å². The molecule has 1 aliphatic heterocycles. The van der Waals surface area contributed by atoms with Crippen molar-refractivity contribution in [3.63, 3.8) is 0 Å². The molecule has 1 N–H and O–H groups in total. The van der Waals surface area contributed by atoms with E-state index in [1.54, 1.807) is 0 Å². The molecule has 1 aromatic rings. The molecule has 94 valence electrons. The number of aromatic nitrogens is 1. The molecule has 0 amide bonds. The van der Waals surface area contributed by atoms with E-state index in [1.165, 1.54) is 12.8 Å². The van der Waals surface area contributed by atoms with Gasteiger partial charge in [0.2, 0.25) is 5.89 Å². The first kappa shape index (κ1) is 11.2. The van der Waals surface area contributed by atoms with Gasteiger partial charge < -0.3 is 9.73 Å². The lowest BCUT2D eigenvalue weighted by atomic mass is 10.2. The van der Waals surface area contributed by atoms with Gasteiger partial charge in [-0.3, -0.25) is 0 Å². The fourth-order valence-corrected chi connectivity index (χ4v) is 3.62. The van der Waals surface area contributed by atoms with Crippen molar-refractivity contribution in [2.24, 2.45) is 0 Å². The van der Waals surface area contributed by atoms with Gasteiger partial charge in [-0.25, -0.2) is 13.4 Å². The van der Waals surface area contributed by atoms with E-state index in [-0.39, 0.29) is 17.5 Å². The molecule has 1 aliphatic carbocycles. The summed E-state index contributed by atoms with van der Waals surface area (Å²) >= 11 is 0. The monoisotopic (exact) mass is 256 g/mol. The molecule has 0 bridgehead atoms. The second-order valence-electron chi connectivity index (χ2n) is 4.89. The second-order valence-corrected chi connectivity index (χ2v) is 7.12. The molecule has 2 aliphatic rings. The van der Waals surface area contributed by atoms with Crippen LogP contribution in [0.3, 0.4) is 0 Å². The summed E-state index contributed by atoms with van der Waals surface area (Å²) in [6.45, 7) is 2.38. The molecule has 0 spiro atoms. The molecule has 3 rings (SSSR count). The molecule has 2 fully saturated rings. The predicted octanol–water partition coefficient (Wildman–Crippen LogP) is 0.920. The number of oxazole rings is 1. The zero-order chi connectivity index (χ0) is 12.0. The summed E-state index contributed by atoms with van der Waals surface area (Å²) in [7, 11) is -2.95. The van der Waals surface area contributed by atoms with Gasteiger partial charge in [-0.15, -0.1) is 0 Å². The van der Waals surface area contributed by atoms with E-state index in [2.05, 4.69) is 10.3 Å². The summed E-state index contributed by atoms with van der Waals surface area (Å²) in [5, 5.41) is 3.16. The molecule has 1 saturated carbocycles. The second kappa shape index (κ2) is 3.81. The normalized spacial score (nSPS) is 28.2. The number of hydrogen-bond donors (Lipinski definition) is 1. The summed E-state index contributed by atoms with van der Waals surface area (Å²) in [6.07, 6.45) is 2.34. The van der Waals surface area contributed by atoms with Crippen molar-refractivity contribution in [1.82, 2.24) is 10.3 Å². The predicted molar refractivity (Wildman–Crippen MR) is 62.6 cm³/mol. The number of hydrogen-bond acceptors (Lipinski definition) is 5. The van der Waals surface area contributed by atoms with Gasteiger partial charge in [-0.05, 0) is 19.8 Å². The van der Waals surface area contributed by atoms with Crippen LogP contribution in [0.1, 0.15) is 42.1 Å². The molecule has 17 heavy (non-hydrogen) atoms. The van der Waals surface area contributed by atoms with Crippen LogP contribution in [-0.2, 0) is 9.84 Å². The maximum absolute atomic E-state index is 11.6. The first-order valence-electron chi connectivity index (χ1n) is 5.96. The Balaban J connectivity index is 1.86. The summed E-state index contributed by atoms with van der Waals surface area (Å²) < 4.78 is 28.7. The van der Waals surface area contributed by atoms with Crippen molar-refractivity contribution in [1.29, 1.82) is 0 Å². The Morgan fingerprint density at radius 1 is 1.41 bits per heavy atom. The van der Waals surface area contributed by atoms with E-state index in [0.29, 0.717) is 18.4 Å². The standard InChI is InChI=1S/C11H16N2O3S/c1-7-10(8-2-3-8)13-11(16-7)9-6-17(14,15)5-4-12-9/h8-9,12H,2-6H2,1H3. The molecule has 2 heterocycles. The van der Waals surface area contributed by atoms with Crippen LogP contribution in [0.15, 0.2) is 4.42 Å².